The molecular formula is C16H26N4O3. The number of likely N-dealkylation sites (tertiary alicyclic amines) is 1. The predicted molar refractivity (Wildman–Crippen MR) is 85.9 cm³/mol. The van der Waals surface area contributed by atoms with E-state index in [2.05, 4.69) is 10.4 Å². The average molecular weight is 322 g/mol. The van der Waals surface area contributed by atoms with Crippen molar-refractivity contribution in [1.29, 1.82) is 0 Å². The zero-order valence-electron chi connectivity index (χ0n) is 13.9. The summed E-state index contributed by atoms with van der Waals surface area (Å²) in [6, 6.07) is 1.72. The summed E-state index contributed by atoms with van der Waals surface area (Å²) < 4.78 is 1.71. The molecule has 1 aliphatic heterocycles. The van der Waals surface area contributed by atoms with Gasteiger partial charge < -0.3 is 15.3 Å². The van der Waals surface area contributed by atoms with Gasteiger partial charge >= 0.3 is 0 Å². The van der Waals surface area contributed by atoms with Crippen molar-refractivity contribution in [3.8, 4) is 0 Å². The van der Waals surface area contributed by atoms with E-state index in [1.165, 1.54) is 0 Å². The van der Waals surface area contributed by atoms with E-state index in [1.54, 1.807) is 28.9 Å². The van der Waals surface area contributed by atoms with E-state index < -0.39 is 5.60 Å². The van der Waals surface area contributed by atoms with Crippen LogP contribution in [-0.2, 0) is 11.3 Å². The molecule has 128 valence electrons. The number of rotatable bonds is 6. The van der Waals surface area contributed by atoms with Crippen LogP contribution in [0.25, 0.3) is 0 Å². The second-order valence-electron chi connectivity index (χ2n) is 6.17. The smallest absolute Gasteiger partial charge is 0.272 e. The molecule has 0 spiro atoms. The third kappa shape index (κ3) is 4.31. The standard InChI is InChI=1S/C16H26N4O3/c1-3-10-20-13(6-9-18-20)15(22)19-11-4-7-16(23,12-19)8-5-14(21)17-2/h6,9,23H,3-5,7-8,10-12H2,1-2H3,(H,17,21)/t16-/m0/s1. The third-order valence-corrected chi connectivity index (χ3v) is 4.31. The van der Waals surface area contributed by atoms with Crippen molar-refractivity contribution < 1.29 is 14.7 Å². The van der Waals surface area contributed by atoms with Crippen LogP contribution in [0.1, 0.15) is 49.5 Å². The summed E-state index contributed by atoms with van der Waals surface area (Å²) in [5, 5.41) is 17.4. The molecule has 0 bridgehead atoms. The van der Waals surface area contributed by atoms with Crippen molar-refractivity contribution in [3.05, 3.63) is 18.0 Å². The molecule has 1 fully saturated rings. The number of nitrogens with one attached hydrogen (secondary N) is 1. The molecule has 2 N–H and O–H groups in total. The number of aryl methyl sites for hydroxylation is 1. The molecule has 1 aromatic rings. The number of β-amino-alcohol motifs (C(OH)–C–C–N with tert-alkyl or cyclic N) is 1. The van der Waals surface area contributed by atoms with E-state index in [-0.39, 0.29) is 24.8 Å². The van der Waals surface area contributed by atoms with Gasteiger partial charge in [-0.05, 0) is 31.7 Å². The molecule has 0 saturated carbocycles. The Morgan fingerprint density at radius 3 is 2.96 bits per heavy atom. The zero-order chi connectivity index (χ0) is 16.9. The molecule has 0 radical (unpaired) electrons. The van der Waals surface area contributed by atoms with E-state index in [4.69, 9.17) is 0 Å². The van der Waals surface area contributed by atoms with Crippen LogP contribution in [0.3, 0.4) is 0 Å². The lowest BCUT2D eigenvalue weighted by Crippen LogP contribution is -2.51. The van der Waals surface area contributed by atoms with E-state index in [1.807, 2.05) is 6.92 Å². The Morgan fingerprint density at radius 1 is 1.48 bits per heavy atom. The second kappa shape index (κ2) is 7.59. The molecule has 23 heavy (non-hydrogen) atoms. The Kier molecular flexibility index (Phi) is 5.76. The normalized spacial score (nSPS) is 21.3. The third-order valence-electron chi connectivity index (χ3n) is 4.31. The van der Waals surface area contributed by atoms with Crippen molar-refractivity contribution in [1.82, 2.24) is 20.0 Å². The fraction of sp³-hybridized carbons (Fsp3) is 0.688. The van der Waals surface area contributed by atoms with Gasteiger partial charge in [-0.15, -0.1) is 0 Å². The first-order valence-corrected chi connectivity index (χ1v) is 8.23. The maximum absolute atomic E-state index is 12.7. The van der Waals surface area contributed by atoms with Crippen molar-refractivity contribution in [2.45, 2.75) is 51.2 Å². The number of aliphatic hydroxyl groups is 1. The molecule has 1 atom stereocenters. The molecule has 0 aromatic carbocycles. The van der Waals surface area contributed by atoms with Gasteiger partial charge in [-0.1, -0.05) is 6.92 Å². The van der Waals surface area contributed by atoms with Crippen molar-refractivity contribution in [2.24, 2.45) is 0 Å². The molecule has 0 aliphatic carbocycles. The topological polar surface area (TPSA) is 87.5 Å². The number of piperidine rings is 1. The van der Waals surface area contributed by atoms with Gasteiger partial charge in [0.05, 0.1) is 5.60 Å². The van der Waals surface area contributed by atoms with E-state index in [0.717, 1.165) is 12.8 Å². The summed E-state index contributed by atoms with van der Waals surface area (Å²) in [4.78, 5) is 25.8. The quantitative estimate of drug-likeness (QED) is 0.810. The highest BCUT2D eigenvalue weighted by molar-refractivity contribution is 5.92. The van der Waals surface area contributed by atoms with Crippen molar-refractivity contribution >= 4 is 11.8 Å². The van der Waals surface area contributed by atoms with Crippen LogP contribution in [-0.4, -0.2) is 57.3 Å². The molecule has 7 nitrogen and oxygen atoms in total. The molecule has 1 saturated heterocycles. The zero-order valence-corrected chi connectivity index (χ0v) is 13.9. The maximum atomic E-state index is 12.7. The number of amides is 2. The Morgan fingerprint density at radius 2 is 2.26 bits per heavy atom. The van der Waals surface area contributed by atoms with Gasteiger partial charge in [-0.2, -0.15) is 5.10 Å². The number of carbonyl (C=O) groups excluding carboxylic acids is 2. The van der Waals surface area contributed by atoms with Gasteiger partial charge in [-0.3, -0.25) is 14.3 Å². The highest BCUT2D eigenvalue weighted by atomic mass is 16.3. The van der Waals surface area contributed by atoms with Crippen LogP contribution in [0.5, 0.6) is 0 Å². The first-order valence-electron chi connectivity index (χ1n) is 8.23. The molecule has 1 aromatic heterocycles. The van der Waals surface area contributed by atoms with Crippen LogP contribution < -0.4 is 5.32 Å². The fourth-order valence-corrected chi connectivity index (χ4v) is 3.03. The van der Waals surface area contributed by atoms with Gasteiger partial charge in [0.25, 0.3) is 5.91 Å². The molecule has 0 unspecified atom stereocenters. The van der Waals surface area contributed by atoms with Gasteiger partial charge in [0.1, 0.15) is 5.69 Å². The Balaban J connectivity index is 2.03. The number of carbonyl (C=O) groups is 2. The lowest BCUT2D eigenvalue weighted by Gasteiger charge is -2.39. The second-order valence-corrected chi connectivity index (χ2v) is 6.17. The molecule has 2 rings (SSSR count). The summed E-state index contributed by atoms with van der Waals surface area (Å²) in [6.07, 6.45) is 4.51. The van der Waals surface area contributed by atoms with Crippen molar-refractivity contribution in [3.63, 3.8) is 0 Å². The molecule has 2 heterocycles. The average Bonchev–Trinajstić information content (AvgIpc) is 3.00. The summed E-state index contributed by atoms with van der Waals surface area (Å²) >= 11 is 0. The molecule has 2 amide bonds. The molecule has 1 aliphatic rings. The van der Waals surface area contributed by atoms with E-state index in [0.29, 0.717) is 31.6 Å². The van der Waals surface area contributed by atoms with Crippen molar-refractivity contribution in [2.75, 3.05) is 20.1 Å². The highest BCUT2D eigenvalue weighted by Gasteiger charge is 2.36. The number of aromatic nitrogens is 2. The Bertz CT molecular complexity index is 557. The summed E-state index contributed by atoms with van der Waals surface area (Å²) in [5.74, 6) is -0.197. The monoisotopic (exact) mass is 322 g/mol. The predicted octanol–water partition coefficient (Wildman–Crippen LogP) is 0.786. The Hall–Kier alpha value is -1.89. The number of hydrogen-bond donors (Lipinski definition) is 2. The van der Waals surface area contributed by atoms with Gasteiger partial charge in [0, 0.05) is 39.3 Å². The van der Waals surface area contributed by atoms with Gasteiger partial charge in [0.2, 0.25) is 5.91 Å². The van der Waals surface area contributed by atoms with Crippen LogP contribution >= 0.6 is 0 Å². The van der Waals surface area contributed by atoms with Gasteiger partial charge in [0.15, 0.2) is 0 Å². The SMILES string of the molecule is CCCn1nccc1C(=O)N1CCC[C@](O)(CCC(=O)NC)C1. The first kappa shape index (κ1) is 17.5. The van der Waals surface area contributed by atoms with Crippen LogP contribution in [0.15, 0.2) is 12.3 Å². The van der Waals surface area contributed by atoms with Crippen LogP contribution in [0.4, 0.5) is 0 Å². The number of hydrogen-bond acceptors (Lipinski definition) is 4. The lowest BCUT2D eigenvalue weighted by atomic mass is 9.88. The number of nitrogens with zero attached hydrogens (tertiary/aromatic N) is 3. The minimum absolute atomic E-state index is 0.0945. The van der Waals surface area contributed by atoms with E-state index >= 15 is 0 Å². The largest absolute Gasteiger partial charge is 0.388 e. The summed E-state index contributed by atoms with van der Waals surface area (Å²) in [6.45, 7) is 3.62. The molecule has 7 heteroatoms. The minimum atomic E-state index is -0.990. The van der Waals surface area contributed by atoms with Gasteiger partial charge in [-0.25, -0.2) is 0 Å². The van der Waals surface area contributed by atoms with Crippen LogP contribution in [0, 0.1) is 0 Å². The summed E-state index contributed by atoms with van der Waals surface area (Å²) in [7, 11) is 1.58. The lowest BCUT2D eigenvalue weighted by molar-refractivity contribution is -0.122. The Labute approximate surface area is 136 Å². The highest BCUT2D eigenvalue weighted by Crippen LogP contribution is 2.26. The minimum Gasteiger partial charge on any atom is -0.388 e. The fourth-order valence-electron chi connectivity index (χ4n) is 3.03. The van der Waals surface area contributed by atoms with E-state index in [9.17, 15) is 14.7 Å². The van der Waals surface area contributed by atoms with Crippen LogP contribution in [0.2, 0.25) is 0 Å². The molecular weight excluding hydrogens is 296 g/mol. The summed E-state index contributed by atoms with van der Waals surface area (Å²) in [5.41, 5.74) is -0.432. The first-order chi connectivity index (χ1) is 11.0. The maximum Gasteiger partial charge on any atom is 0.272 e.